The van der Waals surface area contributed by atoms with Gasteiger partial charge in [0.1, 0.15) is 0 Å². The fourth-order valence-electron chi connectivity index (χ4n) is 1.59. The van der Waals surface area contributed by atoms with E-state index in [0.717, 1.165) is 23.6 Å². The van der Waals surface area contributed by atoms with Crippen LogP contribution in [0.2, 0.25) is 0 Å². The highest BCUT2D eigenvalue weighted by molar-refractivity contribution is 7.86. The summed E-state index contributed by atoms with van der Waals surface area (Å²) in [6.07, 6.45) is 2.82. The van der Waals surface area contributed by atoms with E-state index < -0.39 is 16.1 Å². The van der Waals surface area contributed by atoms with E-state index in [4.69, 9.17) is 5.73 Å². The molecular weight excluding hydrogens is 218 g/mol. The Balaban J connectivity index is 2.67. The van der Waals surface area contributed by atoms with Crippen LogP contribution in [0, 0.1) is 0 Å². The van der Waals surface area contributed by atoms with Crippen LogP contribution in [0.3, 0.4) is 0 Å². The average molecular weight is 235 g/mol. The molecule has 1 aliphatic rings. The van der Waals surface area contributed by atoms with Gasteiger partial charge in [0, 0.05) is 20.1 Å². The highest BCUT2D eigenvalue weighted by Crippen LogP contribution is 2.14. The number of likely N-dealkylation sites (N-methyl/N-ethyl adjacent to an activating group) is 1. The Hall–Kier alpha value is -0.660. The van der Waals surface area contributed by atoms with Gasteiger partial charge in [-0.15, -0.1) is 0 Å². The minimum absolute atomic E-state index is 0.265. The van der Waals surface area contributed by atoms with Crippen molar-refractivity contribution in [1.82, 2.24) is 8.61 Å². The molecule has 0 radical (unpaired) electrons. The Morgan fingerprint density at radius 3 is 2.33 bits per heavy atom. The van der Waals surface area contributed by atoms with E-state index in [1.807, 2.05) is 0 Å². The summed E-state index contributed by atoms with van der Waals surface area (Å²) in [5.41, 5.74) is 4.96. The zero-order chi connectivity index (χ0) is 11.5. The van der Waals surface area contributed by atoms with Gasteiger partial charge in [0.15, 0.2) is 0 Å². The summed E-state index contributed by atoms with van der Waals surface area (Å²) in [6.45, 7) is 0.801. The van der Waals surface area contributed by atoms with Crippen molar-refractivity contribution in [1.29, 1.82) is 0 Å². The van der Waals surface area contributed by atoms with Crippen LogP contribution in [-0.4, -0.2) is 49.6 Å². The van der Waals surface area contributed by atoms with Crippen molar-refractivity contribution < 1.29 is 13.2 Å². The number of nitrogens with two attached hydrogens (primary N) is 1. The van der Waals surface area contributed by atoms with Gasteiger partial charge in [0.25, 0.3) is 10.2 Å². The third kappa shape index (κ3) is 3.15. The average Bonchev–Trinajstić information content (AvgIpc) is 2.18. The van der Waals surface area contributed by atoms with E-state index in [1.54, 1.807) is 0 Å². The number of rotatable bonds is 4. The lowest BCUT2D eigenvalue weighted by Gasteiger charge is -2.29. The molecule has 1 rings (SSSR count). The number of hydrogen-bond acceptors (Lipinski definition) is 3. The number of carbonyl (C=O) groups excluding carboxylic acids is 1. The van der Waals surface area contributed by atoms with Gasteiger partial charge < -0.3 is 5.73 Å². The standard InChI is InChI=1S/C8H17N3O3S/c1-10(7-8(9)12)15(13,14)11-5-3-2-4-6-11/h2-7H2,1H3,(H2,9,12). The van der Waals surface area contributed by atoms with Crippen molar-refractivity contribution in [2.75, 3.05) is 26.7 Å². The Kier molecular flexibility index (Phi) is 4.06. The Morgan fingerprint density at radius 2 is 1.87 bits per heavy atom. The molecule has 1 amide bonds. The number of hydrogen-bond donors (Lipinski definition) is 1. The first-order valence-corrected chi connectivity index (χ1v) is 6.34. The van der Waals surface area contributed by atoms with Gasteiger partial charge in [0.05, 0.1) is 6.54 Å². The molecule has 0 aromatic carbocycles. The molecule has 88 valence electrons. The second-order valence-electron chi connectivity index (χ2n) is 3.69. The maximum atomic E-state index is 11.9. The lowest BCUT2D eigenvalue weighted by Crippen LogP contribution is -2.46. The molecule has 0 unspecified atom stereocenters. The first kappa shape index (κ1) is 12.4. The van der Waals surface area contributed by atoms with Crippen molar-refractivity contribution in [3.63, 3.8) is 0 Å². The molecule has 0 aliphatic carbocycles. The second kappa shape index (κ2) is 4.91. The summed E-state index contributed by atoms with van der Waals surface area (Å²) < 4.78 is 26.1. The van der Waals surface area contributed by atoms with Crippen LogP contribution in [0.15, 0.2) is 0 Å². The van der Waals surface area contributed by atoms with Crippen molar-refractivity contribution in [2.24, 2.45) is 5.73 Å². The van der Waals surface area contributed by atoms with E-state index in [2.05, 4.69) is 0 Å². The molecule has 6 nitrogen and oxygen atoms in total. The molecule has 0 aromatic rings. The topological polar surface area (TPSA) is 83.7 Å². The van der Waals surface area contributed by atoms with E-state index >= 15 is 0 Å². The van der Waals surface area contributed by atoms with Crippen LogP contribution in [0.5, 0.6) is 0 Å². The molecule has 15 heavy (non-hydrogen) atoms. The Labute approximate surface area is 90.2 Å². The van der Waals surface area contributed by atoms with Gasteiger partial charge in [-0.1, -0.05) is 6.42 Å². The van der Waals surface area contributed by atoms with Gasteiger partial charge in [-0.05, 0) is 12.8 Å². The molecule has 0 saturated carbocycles. The maximum absolute atomic E-state index is 11.9. The zero-order valence-corrected chi connectivity index (χ0v) is 9.66. The van der Waals surface area contributed by atoms with Gasteiger partial charge in [-0.2, -0.15) is 17.0 Å². The molecule has 2 N–H and O–H groups in total. The molecule has 0 bridgehead atoms. The first-order valence-electron chi connectivity index (χ1n) is 4.94. The van der Waals surface area contributed by atoms with Crippen LogP contribution in [0.4, 0.5) is 0 Å². The van der Waals surface area contributed by atoms with E-state index in [9.17, 15) is 13.2 Å². The van der Waals surface area contributed by atoms with E-state index in [1.165, 1.54) is 11.4 Å². The molecule has 7 heteroatoms. The van der Waals surface area contributed by atoms with Gasteiger partial charge in [0.2, 0.25) is 5.91 Å². The quantitative estimate of drug-likeness (QED) is 0.687. The summed E-state index contributed by atoms with van der Waals surface area (Å²) in [6, 6.07) is 0. The smallest absolute Gasteiger partial charge is 0.282 e. The minimum Gasteiger partial charge on any atom is -0.369 e. The van der Waals surface area contributed by atoms with Crippen LogP contribution < -0.4 is 5.73 Å². The summed E-state index contributed by atoms with van der Waals surface area (Å²) >= 11 is 0. The lowest BCUT2D eigenvalue weighted by molar-refractivity contribution is -0.118. The molecule has 0 aromatic heterocycles. The second-order valence-corrected chi connectivity index (χ2v) is 5.73. The van der Waals surface area contributed by atoms with Crippen LogP contribution >= 0.6 is 0 Å². The van der Waals surface area contributed by atoms with Crippen LogP contribution in [0.25, 0.3) is 0 Å². The summed E-state index contributed by atoms with van der Waals surface area (Å²) in [4.78, 5) is 10.6. The Morgan fingerprint density at radius 1 is 1.33 bits per heavy atom. The minimum atomic E-state index is -3.49. The molecule has 1 aliphatic heterocycles. The van der Waals surface area contributed by atoms with Crippen molar-refractivity contribution in [2.45, 2.75) is 19.3 Å². The molecule has 0 spiro atoms. The van der Waals surface area contributed by atoms with Crippen LogP contribution in [0.1, 0.15) is 19.3 Å². The number of carbonyl (C=O) groups is 1. The summed E-state index contributed by atoms with van der Waals surface area (Å²) in [5.74, 6) is -0.641. The number of amides is 1. The molecule has 1 fully saturated rings. The fourth-order valence-corrected chi connectivity index (χ4v) is 3.00. The number of primary amides is 1. The number of nitrogens with zero attached hydrogens (tertiary/aromatic N) is 2. The molecule has 1 heterocycles. The lowest BCUT2D eigenvalue weighted by atomic mass is 10.2. The molecule has 0 atom stereocenters. The zero-order valence-electron chi connectivity index (χ0n) is 8.85. The summed E-state index contributed by atoms with van der Waals surface area (Å²) in [5, 5.41) is 0. The van der Waals surface area contributed by atoms with Crippen molar-refractivity contribution in [3.8, 4) is 0 Å². The van der Waals surface area contributed by atoms with E-state index in [-0.39, 0.29) is 6.54 Å². The predicted octanol–water partition coefficient (Wildman–Crippen LogP) is -0.866. The molecule has 1 saturated heterocycles. The van der Waals surface area contributed by atoms with Crippen molar-refractivity contribution in [3.05, 3.63) is 0 Å². The van der Waals surface area contributed by atoms with Crippen LogP contribution in [-0.2, 0) is 15.0 Å². The fraction of sp³-hybridized carbons (Fsp3) is 0.875. The number of piperidine rings is 1. The van der Waals surface area contributed by atoms with Gasteiger partial charge in [-0.3, -0.25) is 4.79 Å². The Bertz CT molecular complexity index is 322. The largest absolute Gasteiger partial charge is 0.369 e. The van der Waals surface area contributed by atoms with Crippen molar-refractivity contribution >= 4 is 16.1 Å². The first-order chi connectivity index (χ1) is 6.94. The summed E-state index contributed by atoms with van der Waals surface area (Å²) in [7, 11) is -2.12. The predicted molar refractivity (Wildman–Crippen MR) is 56.2 cm³/mol. The third-order valence-corrected chi connectivity index (χ3v) is 4.35. The monoisotopic (exact) mass is 235 g/mol. The third-order valence-electron chi connectivity index (χ3n) is 2.41. The van der Waals surface area contributed by atoms with Gasteiger partial charge >= 0.3 is 0 Å². The highest BCUT2D eigenvalue weighted by Gasteiger charge is 2.28. The normalized spacial score (nSPS) is 19.3. The maximum Gasteiger partial charge on any atom is 0.282 e. The SMILES string of the molecule is CN(CC(N)=O)S(=O)(=O)N1CCCCC1. The van der Waals surface area contributed by atoms with Gasteiger partial charge in [-0.25, -0.2) is 0 Å². The molecular formula is C8H17N3O3S. The highest BCUT2D eigenvalue weighted by atomic mass is 32.2. The van der Waals surface area contributed by atoms with E-state index in [0.29, 0.717) is 13.1 Å².